The molecule has 3 N–H and O–H groups in total. The van der Waals surface area contributed by atoms with Crippen molar-refractivity contribution in [1.82, 2.24) is 0 Å². The van der Waals surface area contributed by atoms with Crippen molar-refractivity contribution in [3.63, 3.8) is 0 Å². The van der Waals surface area contributed by atoms with Gasteiger partial charge in [0.05, 0.1) is 0 Å². The third-order valence-electron chi connectivity index (χ3n) is 3.66. The highest BCUT2D eigenvalue weighted by molar-refractivity contribution is 6.31. The summed E-state index contributed by atoms with van der Waals surface area (Å²) < 4.78 is 5.22. The lowest BCUT2D eigenvalue weighted by atomic mass is 9.92. The Kier molecular flexibility index (Phi) is 4.49. The van der Waals surface area contributed by atoms with Gasteiger partial charge in [-0.05, 0) is 69.7 Å². The lowest BCUT2D eigenvalue weighted by Crippen LogP contribution is -2.27. The van der Waals surface area contributed by atoms with Crippen molar-refractivity contribution < 1.29 is 9.53 Å². The number of carbonyl (C=O) groups is 1. The van der Waals surface area contributed by atoms with Gasteiger partial charge in [0.15, 0.2) is 0 Å². The largest absolute Gasteiger partial charge is 0.444 e. The third kappa shape index (κ3) is 4.11. The van der Waals surface area contributed by atoms with Crippen LogP contribution in [0.4, 0.5) is 10.5 Å². The van der Waals surface area contributed by atoms with Gasteiger partial charge < -0.3 is 10.5 Å². The van der Waals surface area contributed by atoms with E-state index in [1.54, 1.807) is 6.07 Å². The molecule has 1 aromatic carbocycles. The van der Waals surface area contributed by atoms with Crippen molar-refractivity contribution in [1.29, 1.82) is 0 Å². The highest BCUT2D eigenvalue weighted by Gasteiger charge is 2.44. The van der Waals surface area contributed by atoms with E-state index in [-0.39, 0.29) is 5.41 Å². The summed E-state index contributed by atoms with van der Waals surface area (Å²) in [6.07, 6.45) is 2.73. The lowest BCUT2D eigenvalue weighted by molar-refractivity contribution is 0.0636. The van der Waals surface area contributed by atoms with E-state index in [0.29, 0.717) is 17.3 Å². The molecule has 0 atom stereocenters. The first-order chi connectivity index (χ1) is 9.76. The molecule has 1 saturated carbocycles. The average molecular weight is 311 g/mol. The second-order valence-corrected chi connectivity index (χ2v) is 7.05. The Morgan fingerprint density at radius 3 is 2.57 bits per heavy atom. The van der Waals surface area contributed by atoms with Crippen LogP contribution in [0.3, 0.4) is 0 Å². The van der Waals surface area contributed by atoms with Gasteiger partial charge in [0.25, 0.3) is 0 Å². The normalized spacial score (nSPS) is 16.4. The number of carbonyl (C=O) groups excluding carboxylic acids is 1. The van der Waals surface area contributed by atoms with Crippen LogP contribution in [0.5, 0.6) is 0 Å². The molecule has 4 nitrogen and oxygen atoms in total. The van der Waals surface area contributed by atoms with Gasteiger partial charge in [0.1, 0.15) is 5.60 Å². The second kappa shape index (κ2) is 5.85. The fourth-order valence-electron chi connectivity index (χ4n) is 2.53. The molecule has 0 bridgehead atoms. The summed E-state index contributed by atoms with van der Waals surface area (Å²) in [6, 6.07) is 5.62. The molecule has 0 aromatic heterocycles. The molecule has 1 fully saturated rings. The van der Waals surface area contributed by atoms with Gasteiger partial charge in [-0.25, -0.2) is 4.79 Å². The molecule has 2 rings (SSSR count). The summed E-state index contributed by atoms with van der Waals surface area (Å²) in [4.78, 5) is 11.7. The van der Waals surface area contributed by atoms with E-state index in [4.69, 9.17) is 22.1 Å². The molecule has 1 amide bonds. The monoisotopic (exact) mass is 310 g/mol. The Morgan fingerprint density at radius 1 is 1.43 bits per heavy atom. The number of benzene rings is 1. The van der Waals surface area contributed by atoms with Gasteiger partial charge in [0.2, 0.25) is 0 Å². The first-order valence-electron chi connectivity index (χ1n) is 7.26. The molecule has 0 unspecified atom stereocenters. The summed E-state index contributed by atoms with van der Waals surface area (Å²) in [7, 11) is 0. The summed E-state index contributed by atoms with van der Waals surface area (Å²) in [5.41, 5.74) is 7.08. The predicted molar refractivity (Wildman–Crippen MR) is 85.9 cm³/mol. The fraction of sp³-hybridized carbons (Fsp3) is 0.562. The minimum absolute atomic E-state index is 0.149. The van der Waals surface area contributed by atoms with Gasteiger partial charge in [-0.3, -0.25) is 5.32 Å². The molecule has 0 radical (unpaired) electrons. The van der Waals surface area contributed by atoms with Gasteiger partial charge in [-0.1, -0.05) is 17.7 Å². The zero-order valence-corrected chi connectivity index (χ0v) is 13.6. The van der Waals surface area contributed by atoms with Crippen molar-refractivity contribution in [2.75, 3.05) is 11.9 Å². The topological polar surface area (TPSA) is 64.3 Å². The molecule has 1 aromatic rings. The van der Waals surface area contributed by atoms with E-state index in [9.17, 15) is 4.79 Å². The maximum absolute atomic E-state index is 11.7. The lowest BCUT2D eigenvalue weighted by Gasteiger charge is -2.20. The van der Waals surface area contributed by atoms with Crippen LogP contribution in [-0.4, -0.2) is 18.2 Å². The number of rotatable bonds is 4. The Labute approximate surface area is 131 Å². The number of hydrogen-bond acceptors (Lipinski definition) is 3. The minimum atomic E-state index is -0.521. The Hall–Kier alpha value is -1.26. The van der Waals surface area contributed by atoms with Crippen LogP contribution < -0.4 is 11.1 Å². The molecule has 5 heteroatoms. The first kappa shape index (κ1) is 16.1. The number of nitrogens with one attached hydrogen (secondary N) is 1. The number of anilines is 1. The number of hydrogen-bond donors (Lipinski definition) is 2. The maximum atomic E-state index is 11.7. The quantitative estimate of drug-likeness (QED) is 0.881. The first-order valence-corrected chi connectivity index (χ1v) is 7.64. The van der Waals surface area contributed by atoms with Crippen molar-refractivity contribution in [2.24, 2.45) is 5.73 Å². The molecule has 1 aliphatic rings. The molecule has 116 valence electrons. The zero-order valence-electron chi connectivity index (χ0n) is 12.8. The molecule has 0 saturated heterocycles. The molecular weight excluding hydrogens is 288 g/mol. The highest BCUT2D eigenvalue weighted by atomic mass is 35.5. The van der Waals surface area contributed by atoms with Gasteiger partial charge in [-0.2, -0.15) is 0 Å². The third-order valence-corrected chi connectivity index (χ3v) is 3.97. The molecule has 0 aliphatic heterocycles. The zero-order chi connectivity index (χ0) is 15.7. The summed E-state index contributed by atoms with van der Waals surface area (Å²) in [5, 5.41) is 3.38. The van der Waals surface area contributed by atoms with E-state index in [2.05, 4.69) is 5.32 Å². The average Bonchev–Trinajstić information content (AvgIpc) is 3.07. The van der Waals surface area contributed by atoms with E-state index < -0.39 is 11.7 Å². The smallest absolute Gasteiger partial charge is 0.412 e. The Balaban J connectivity index is 2.08. The van der Waals surface area contributed by atoms with Crippen molar-refractivity contribution in [2.45, 2.75) is 51.0 Å². The number of amides is 1. The van der Waals surface area contributed by atoms with Crippen molar-refractivity contribution in [3.8, 4) is 0 Å². The van der Waals surface area contributed by atoms with E-state index in [0.717, 1.165) is 24.8 Å². The molecule has 0 heterocycles. The summed E-state index contributed by atoms with van der Waals surface area (Å²) in [5.74, 6) is 0. The Bertz CT molecular complexity index is 534. The highest BCUT2D eigenvalue weighted by Crippen LogP contribution is 2.53. The van der Waals surface area contributed by atoms with Crippen molar-refractivity contribution >= 4 is 23.4 Å². The van der Waals surface area contributed by atoms with Gasteiger partial charge in [-0.15, -0.1) is 0 Å². The van der Waals surface area contributed by atoms with Crippen LogP contribution in [-0.2, 0) is 10.2 Å². The van der Waals surface area contributed by atoms with Crippen LogP contribution in [0.1, 0.15) is 45.6 Å². The molecule has 21 heavy (non-hydrogen) atoms. The predicted octanol–water partition coefficient (Wildman–Crippen LogP) is 4.07. The number of halogens is 1. The summed E-state index contributed by atoms with van der Waals surface area (Å²) in [6.45, 7) is 6.14. The van der Waals surface area contributed by atoms with Crippen LogP contribution in [0.15, 0.2) is 18.2 Å². The molecule has 1 aliphatic carbocycles. The summed E-state index contributed by atoms with van der Waals surface area (Å²) >= 11 is 6.37. The van der Waals surface area contributed by atoms with Crippen molar-refractivity contribution in [3.05, 3.63) is 28.8 Å². The fourth-order valence-corrected chi connectivity index (χ4v) is 2.91. The van der Waals surface area contributed by atoms with Crippen LogP contribution in [0.25, 0.3) is 0 Å². The van der Waals surface area contributed by atoms with Gasteiger partial charge >= 0.3 is 6.09 Å². The van der Waals surface area contributed by atoms with Crippen LogP contribution in [0.2, 0.25) is 5.02 Å². The molecule has 0 spiro atoms. The minimum Gasteiger partial charge on any atom is -0.444 e. The molecular formula is C16H23ClN2O2. The van der Waals surface area contributed by atoms with E-state index >= 15 is 0 Å². The van der Waals surface area contributed by atoms with Crippen LogP contribution >= 0.6 is 11.6 Å². The van der Waals surface area contributed by atoms with Crippen LogP contribution in [0, 0.1) is 0 Å². The van der Waals surface area contributed by atoms with E-state index in [1.165, 1.54) is 0 Å². The standard InChI is InChI=1S/C16H23ClN2O2/c1-15(2,3)21-14(20)19-11-4-5-12(13(17)10-11)16(6-7-16)8-9-18/h4-5,10H,6-9,18H2,1-3H3,(H,19,20). The van der Waals surface area contributed by atoms with Gasteiger partial charge in [0, 0.05) is 10.7 Å². The van der Waals surface area contributed by atoms with E-state index in [1.807, 2.05) is 32.9 Å². The SMILES string of the molecule is CC(C)(C)OC(=O)Nc1ccc(C2(CCN)CC2)c(Cl)c1. The number of nitrogens with two attached hydrogens (primary N) is 1. The number of ether oxygens (including phenoxy) is 1. The maximum Gasteiger partial charge on any atom is 0.412 e. The Morgan fingerprint density at radius 2 is 2.10 bits per heavy atom. The second-order valence-electron chi connectivity index (χ2n) is 6.64.